The lowest BCUT2D eigenvalue weighted by molar-refractivity contribution is 0.470. The van der Waals surface area contributed by atoms with Crippen LogP contribution in [0.3, 0.4) is 0 Å². The van der Waals surface area contributed by atoms with Crippen molar-refractivity contribution in [3.8, 4) is 11.5 Å². The molecule has 2 rings (SSSR count). The van der Waals surface area contributed by atoms with Gasteiger partial charge in [0.25, 0.3) is 0 Å². The molecule has 128 valence electrons. The van der Waals surface area contributed by atoms with Gasteiger partial charge in [0.05, 0.1) is 0 Å². The average Bonchev–Trinajstić information content (AvgIpc) is 2.41. The molecule has 0 aliphatic heterocycles. The summed E-state index contributed by atoms with van der Waals surface area (Å²) in [6.45, 7) is 12.4. The number of halogens is 1. The Morgan fingerprint density at radius 2 is 1.30 bits per heavy atom. The van der Waals surface area contributed by atoms with Crippen LogP contribution in [-0.2, 0) is 0 Å². The van der Waals surface area contributed by atoms with Crippen LogP contribution in [0.25, 0.3) is 0 Å². The molecule has 3 heteroatoms. The van der Waals surface area contributed by atoms with E-state index in [2.05, 4.69) is 39.8 Å². The van der Waals surface area contributed by atoms with E-state index in [0.29, 0.717) is 23.3 Å². The number of phenols is 2. The molecular formula is C20H29ClO2. The summed E-state index contributed by atoms with van der Waals surface area (Å²) in [6, 6.07) is 11.5. The van der Waals surface area contributed by atoms with Gasteiger partial charge in [-0.3, -0.25) is 0 Å². The Hall–Kier alpha value is -1.67. The lowest BCUT2D eigenvalue weighted by atomic mass is 10.0. The van der Waals surface area contributed by atoms with Crippen molar-refractivity contribution in [2.45, 2.75) is 53.4 Å². The molecule has 2 aromatic carbocycles. The number of aryl methyl sites for hydroxylation is 2. The van der Waals surface area contributed by atoms with Gasteiger partial charge in [0.2, 0.25) is 0 Å². The third-order valence-electron chi connectivity index (χ3n) is 3.65. The van der Waals surface area contributed by atoms with Crippen LogP contribution >= 0.6 is 12.4 Å². The van der Waals surface area contributed by atoms with E-state index in [1.54, 1.807) is 6.07 Å². The minimum Gasteiger partial charge on any atom is -0.508 e. The molecule has 0 saturated heterocycles. The molecule has 2 aromatic rings. The molecule has 0 amide bonds. The first kappa shape index (κ1) is 21.3. The van der Waals surface area contributed by atoms with E-state index < -0.39 is 0 Å². The quantitative estimate of drug-likeness (QED) is 0.698. The molecule has 0 atom stereocenters. The fourth-order valence-corrected chi connectivity index (χ4v) is 2.11. The molecule has 0 aliphatic rings. The van der Waals surface area contributed by atoms with Crippen molar-refractivity contribution in [3.05, 3.63) is 58.7 Å². The Morgan fingerprint density at radius 3 is 1.74 bits per heavy atom. The molecule has 0 radical (unpaired) electrons. The Labute approximate surface area is 146 Å². The molecule has 0 saturated carbocycles. The normalized spacial score (nSPS) is 10.1. The van der Waals surface area contributed by atoms with Gasteiger partial charge >= 0.3 is 0 Å². The lowest BCUT2D eigenvalue weighted by Crippen LogP contribution is -1.87. The highest BCUT2D eigenvalue weighted by atomic mass is 35.5. The minimum absolute atomic E-state index is 0. The Kier molecular flexibility index (Phi) is 8.78. The Balaban J connectivity index is 0.000000403. The van der Waals surface area contributed by atoms with E-state index in [-0.39, 0.29) is 12.4 Å². The standard InChI is InChI=1S/2C10H14O.ClH/c1-7(2)9-4-8(3)5-10(11)6-9;1-7(2)9-5-4-8(3)10(11)6-9;/h2*4-7,11H,1-3H3;1H. The summed E-state index contributed by atoms with van der Waals surface area (Å²) in [6.07, 6.45) is 0. The van der Waals surface area contributed by atoms with Crippen LogP contribution in [0, 0.1) is 13.8 Å². The zero-order valence-corrected chi connectivity index (χ0v) is 15.7. The van der Waals surface area contributed by atoms with Gasteiger partial charge in [-0.2, -0.15) is 0 Å². The monoisotopic (exact) mass is 336 g/mol. The highest BCUT2D eigenvalue weighted by molar-refractivity contribution is 5.85. The fraction of sp³-hybridized carbons (Fsp3) is 0.400. The van der Waals surface area contributed by atoms with Crippen molar-refractivity contribution >= 4 is 12.4 Å². The summed E-state index contributed by atoms with van der Waals surface area (Å²) in [5, 5.41) is 18.6. The zero-order valence-electron chi connectivity index (χ0n) is 14.9. The first-order valence-electron chi connectivity index (χ1n) is 7.80. The molecule has 2 nitrogen and oxygen atoms in total. The van der Waals surface area contributed by atoms with Crippen molar-refractivity contribution in [1.82, 2.24) is 0 Å². The summed E-state index contributed by atoms with van der Waals surface area (Å²) in [4.78, 5) is 0. The maximum Gasteiger partial charge on any atom is 0.118 e. The maximum atomic E-state index is 9.35. The van der Waals surface area contributed by atoms with Crippen LogP contribution in [0.1, 0.15) is 61.8 Å². The smallest absolute Gasteiger partial charge is 0.118 e. The van der Waals surface area contributed by atoms with Crippen LogP contribution in [0.2, 0.25) is 0 Å². The number of rotatable bonds is 2. The summed E-state index contributed by atoms with van der Waals surface area (Å²) in [7, 11) is 0. The van der Waals surface area contributed by atoms with Gasteiger partial charge in [0.15, 0.2) is 0 Å². The van der Waals surface area contributed by atoms with Crippen molar-refractivity contribution in [2.24, 2.45) is 0 Å². The SMILES string of the molecule is Cc1cc(O)cc(C(C)C)c1.Cc1ccc(C(C)C)cc1O.Cl. The van der Waals surface area contributed by atoms with Crippen LogP contribution < -0.4 is 0 Å². The second-order valence-corrected chi connectivity index (χ2v) is 6.46. The van der Waals surface area contributed by atoms with Crippen molar-refractivity contribution < 1.29 is 10.2 Å². The largest absolute Gasteiger partial charge is 0.508 e. The molecule has 0 fully saturated rings. The molecule has 0 unspecified atom stereocenters. The second-order valence-electron chi connectivity index (χ2n) is 6.46. The van der Waals surface area contributed by atoms with Crippen molar-refractivity contribution in [2.75, 3.05) is 0 Å². The Morgan fingerprint density at radius 1 is 0.739 bits per heavy atom. The van der Waals surface area contributed by atoms with E-state index in [0.717, 1.165) is 11.1 Å². The van der Waals surface area contributed by atoms with Gasteiger partial charge in [0.1, 0.15) is 11.5 Å². The molecule has 2 N–H and O–H groups in total. The summed E-state index contributed by atoms with van der Waals surface area (Å²) < 4.78 is 0. The summed E-state index contributed by atoms with van der Waals surface area (Å²) in [5.74, 6) is 1.74. The molecule has 0 aromatic heterocycles. The zero-order chi connectivity index (χ0) is 16.9. The van der Waals surface area contributed by atoms with E-state index in [1.807, 2.05) is 32.0 Å². The molecule has 0 heterocycles. The number of benzene rings is 2. The van der Waals surface area contributed by atoms with E-state index in [1.165, 1.54) is 11.1 Å². The van der Waals surface area contributed by atoms with E-state index >= 15 is 0 Å². The molecule has 0 bridgehead atoms. The topological polar surface area (TPSA) is 40.5 Å². The lowest BCUT2D eigenvalue weighted by Gasteiger charge is -2.06. The Bertz CT molecular complexity index is 599. The minimum atomic E-state index is 0. The van der Waals surface area contributed by atoms with Gasteiger partial charge in [-0.25, -0.2) is 0 Å². The predicted octanol–water partition coefficient (Wildman–Crippen LogP) is 6.07. The number of phenolic OH excluding ortho intramolecular Hbond substituents is 2. The van der Waals surface area contributed by atoms with Crippen molar-refractivity contribution in [1.29, 1.82) is 0 Å². The summed E-state index contributed by atoms with van der Waals surface area (Å²) in [5.41, 5.74) is 4.44. The summed E-state index contributed by atoms with van der Waals surface area (Å²) >= 11 is 0. The molecule has 0 aliphatic carbocycles. The highest BCUT2D eigenvalue weighted by Crippen LogP contribution is 2.22. The van der Waals surface area contributed by atoms with Gasteiger partial charge in [-0.1, -0.05) is 45.9 Å². The van der Waals surface area contributed by atoms with Crippen LogP contribution in [0.15, 0.2) is 36.4 Å². The number of hydrogen-bond acceptors (Lipinski definition) is 2. The molecular weight excluding hydrogens is 308 g/mol. The van der Waals surface area contributed by atoms with Gasteiger partial charge in [-0.15, -0.1) is 12.4 Å². The highest BCUT2D eigenvalue weighted by Gasteiger charge is 2.01. The second kappa shape index (κ2) is 9.46. The van der Waals surface area contributed by atoms with E-state index in [4.69, 9.17) is 0 Å². The predicted molar refractivity (Wildman–Crippen MR) is 101 cm³/mol. The third-order valence-corrected chi connectivity index (χ3v) is 3.65. The van der Waals surface area contributed by atoms with Gasteiger partial charge in [-0.05, 0) is 66.1 Å². The third kappa shape index (κ3) is 6.96. The van der Waals surface area contributed by atoms with Gasteiger partial charge in [0, 0.05) is 0 Å². The average molecular weight is 337 g/mol. The van der Waals surface area contributed by atoms with Crippen LogP contribution in [-0.4, -0.2) is 10.2 Å². The molecule has 0 spiro atoms. The number of hydrogen-bond donors (Lipinski definition) is 2. The molecule has 23 heavy (non-hydrogen) atoms. The maximum absolute atomic E-state index is 9.35. The van der Waals surface area contributed by atoms with E-state index in [9.17, 15) is 10.2 Å². The van der Waals surface area contributed by atoms with Crippen molar-refractivity contribution in [3.63, 3.8) is 0 Å². The number of aromatic hydroxyl groups is 2. The van der Waals surface area contributed by atoms with Gasteiger partial charge < -0.3 is 10.2 Å². The fourth-order valence-electron chi connectivity index (χ4n) is 2.11. The van der Waals surface area contributed by atoms with Crippen LogP contribution in [0.5, 0.6) is 11.5 Å². The first-order chi connectivity index (χ1) is 10.2. The first-order valence-corrected chi connectivity index (χ1v) is 7.80. The van der Waals surface area contributed by atoms with Crippen LogP contribution in [0.4, 0.5) is 0 Å².